The van der Waals surface area contributed by atoms with Crippen LogP contribution < -0.4 is 16.6 Å². The predicted octanol–water partition coefficient (Wildman–Crippen LogP) is 4.23. The van der Waals surface area contributed by atoms with E-state index in [1.165, 1.54) is 5.32 Å². The largest absolute Gasteiger partial charge is 0.573 e. The highest BCUT2D eigenvalue weighted by molar-refractivity contribution is 7.50. The maximum atomic E-state index is 13.3. The summed E-state index contributed by atoms with van der Waals surface area (Å²) >= 11 is 0. The van der Waals surface area contributed by atoms with E-state index in [0.717, 1.165) is 24.6 Å². The number of carbonyl (C=O) groups excluding carboxylic acids is 3. The molecule has 2 saturated heterocycles. The number of aromatic nitrogens is 2. The van der Waals surface area contributed by atoms with E-state index in [9.17, 15) is 50.3 Å². The number of rotatable bonds is 19. The lowest BCUT2D eigenvalue weighted by molar-refractivity contribution is -0.282. The number of esters is 2. The molecule has 0 saturated carbocycles. The summed E-state index contributed by atoms with van der Waals surface area (Å²) < 4.78 is 126. The van der Waals surface area contributed by atoms with Crippen LogP contribution in [0.3, 0.4) is 0 Å². The zero-order chi connectivity index (χ0) is 46.2. The summed E-state index contributed by atoms with van der Waals surface area (Å²) in [5.74, 6) is -4.65. The number of aliphatic imine (C=N–C) groups is 1. The molecule has 2 aliphatic rings. The maximum absolute atomic E-state index is 13.3. The Balaban J connectivity index is 2.03. The van der Waals surface area contributed by atoms with Gasteiger partial charge in [-0.25, -0.2) is 9.79 Å². The Kier molecular flexibility index (Phi) is 18.5. The maximum Gasteiger partial charge on any atom is 0.573 e. The first-order valence-electron chi connectivity index (χ1n) is 19.2. The molecule has 9 atom stereocenters. The van der Waals surface area contributed by atoms with Crippen LogP contribution in [0.4, 0.5) is 26.3 Å². The molecule has 3 heterocycles. The molecule has 1 unspecified atom stereocenters. The van der Waals surface area contributed by atoms with Crippen LogP contribution in [0.15, 0.2) is 20.8 Å². The number of hydrogen-bond acceptors (Lipinski definition) is 15. The molecule has 348 valence electrons. The van der Waals surface area contributed by atoms with Gasteiger partial charge in [-0.05, 0) is 47.3 Å². The average Bonchev–Trinajstić information content (AvgIpc) is 3.51. The Morgan fingerprint density at radius 2 is 1.62 bits per heavy atom. The molecule has 0 radical (unpaired) electrons. The second-order valence-corrected chi connectivity index (χ2v) is 22.0. The van der Waals surface area contributed by atoms with Gasteiger partial charge in [0.05, 0.1) is 24.9 Å². The second-order valence-electron chi connectivity index (χ2n) is 15.5. The normalized spacial score (nSPS) is 25.6. The number of amides is 1. The van der Waals surface area contributed by atoms with E-state index < -0.39 is 120 Å². The summed E-state index contributed by atoms with van der Waals surface area (Å²) in [5.41, 5.74) is -2.15. The van der Waals surface area contributed by atoms with E-state index in [0.29, 0.717) is 6.16 Å². The topological polar surface area (TPSA) is 208 Å². The van der Waals surface area contributed by atoms with Gasteiger partial charge in [0.25, 0.3) is 5.56 Å². The van der Waals surface area contributed by atoms with Gasteiger partial charge in [-0.15, -0.1) is 13.2 Å². The molecule has 0 spiro atoms. The smallest absolute Gasteiger partial charge is 0.456 e. The van der Waals surface area contributed by atoms with Crippen molar-refractivity contribution in [3.63, 3.8) is 0 Å². The summed E-state index contributed by atoms with van der Waals surface area (Å²) in [7, 11) is -3.21. The third kappa shape index (κ3) is 15.7. The van der Waals surface area contributed by atoms with Crippen LogP contribution in [-0.4, -0.2) is 134 Å². The predicted molar refractivity (Wildman–Crippen MR) is 207 cm³/mol. The molecule has 2 N–H and O–H groups in total. The standard InChI is InChI=1S/C35H54F6N5O13PSi/c1-11-60(46(18(2)3)19(4)5)59-23-12-26(57-25(23)16-54-61(8,9)10)45-14-22(30(49)44-33(45)51)15-52-31-27(43-17-53-35(39,40)41)29(56-21(7)48)28(55-20(6)47)24(58-31)13-42-32(50)34(36,37)38/h14,17-19,23-29,31H,11-13,15-16H2,1-10H3,(H,42,50)(H,44,49,51)/b43-17-/t23-,24-,25-,26-,27-,28-,29-,31-,60?/m1/s1. The number of ether oxygens (including phenoxy) is 6. The van der Waals surface area contributed by atoms with Crippen molar-refractivity contribution < 1.29 is 78.1 Å². The molecule has 1 amide bonds. The van der Waals surface area contributed by atoms with Crippen LogP contribution in [0.1, 0.15) is 66.7 Å². The summed E-state index contributed by atoms with van der Waals surface area (Å²) in [6, 6.07) is -1.62. The van der Waals surface area contributed by atoms with Crippen LogP contribution >= 0.6 is 8.30 Å². The minimum Gasteiger partial charge on any atom is -0.456 e. The fourth-order valence-electron chi connectivity index (χ4n) is 6.51. The third-order valence-corrected chi connectivity index (χ3v) is 12.3. The van der Waals surface area contributed by atoms with E-state index in [1.807, 2.05) is 26.6 Å². The number of halogens is 6. The molecule has 0 aliphatic carbocycles. The highest BCUT2D eigenvalue weighted by Crippen LogP contribution is 2.48. The first-order valence-corrected chi connectivity index (χ1v) is 24.0. The number of alkyl halides is 6. The molecule has 3 rings (SSSR count). The first-order chi connectivity index (χ1) is 28.1. The summed E-state index contributed by atoms with van der Waals surface area (Å²) in [6.45, 7) is 16.2. The van der Waals surface area contributed by atoms with Crippen molar-refractivity contribution in [1.29, 1.82) is 0 Å². The van der Waals surface area contributed by atoms with Crippen molar-refractivity contribution in [2.75, 3.05) is 19.3 Å². The van der Waals surface area contributed by atoms with Crippen molar-refractivity contribution in [2.24, 2.45) is 4.99 Å². The molecule has 2 aliphatic heterocycles. The molecule has 1 aromatic heterocycles. The first kappa shape index (κ1) is 51.9. The average molecular weight is 926 g/mol. The Morgan fingerprint density at radius 1 is 1.02 bits per heavy atom. The fourth-order valence-corrected chi connectivity index (χ4v) is 9.32. The van der Waals surface area contributed by atoms with Gasteiger partial charge in [0.15, 0.2) is 33.2 Å². The van der Waals surface area contributed by atoms with Gasteiger partial charge in [0, 0.05) is 51.3 Å². The number of carbonyl (C=O) groups is 3. The van der Waals surface area contributed by atoms with E-state index in [1.54, 1.807) is 0 Å². The lowest BCUT2D eigenvalue weighted by Crippen LogP contribution is -2.62. The molecule has 1 aromatic rings. The van der Waals surface area contributed by atoms with Crippen molar-refractivity contribution in [1.82, 2.24) is 19.5 Å². The number of nitrogens with zero attached hydrogens (tertiary/aromatic N) is 3. The molecule has 26 heteroatoms. The minimum atomic E-state index is -5.37. The van der Waals surface area contributed by atoms with Gasteiger partial charge in [-0.2, -0.15) is 13.2 Å². The van der Waals surface area contributed by atoms with Gasteiger partial charge < -0.3 is 42.7 Å². The molecular weight excluding hydrogens is 871 g/mol. The number of aromatic amines is 1. The van der Waals surface area contributed by atoms with Crippen molar-refractivity contribution in [3.05, 3.63) is 32.6 Å². The van der Waals surface area contributed by atoms with Crippen LogP contribution in [0.2, 0.25) is 19.6 Å². The zero-order valence-electron chi connectivity index (χ0n) is 35.3. The Hall–Kier alpha value is -3.45. The lowest BCUT2D eigenvalue weighted by atomic mass is 9.96. The van der Waals surface area contributed by atoms with Crippen LogP contribution in [0.25, 0.3) is 0 Å². The van der Waals surface area contributed by atoms with Gasteiger partial charge in [0.1, 0.15) is 32.8 Å². The molecule has 0 aromatic carbocycles. The van der Waals surface area contributed by atoms with E-state index in [4.69, 9.17) is 32.6 Å². The highest BCUT2D eigenvalue weighted by Gasteiger charge is 2.52. The highest BCUT2D eigenvalue weighted by atomic mass is 31.2. The monoisotopic (exact) mass is 925 g/mol. The van der Waals surface area contributed by atoms with Crippen LogP contribution in [0.5, 0.6) is 0 Å². The van der Waals surface area contributed by atoms with Gasteiger partial charge >= 0.3 is 36.1 Å². The minimum absolute atomic E-state index is 0.103. The zero-order valence-corrected chi connectivity index (χ0v) is 37.2. The SMILES string of the molecule is CCP(O[C@@H]1C[C@H](n2cc(CO[C@@H]3O[C@H](CNC(=O)C(F)(F)F)[C@@H](OC(C)=O)[C@H](OC(C)=O)[C@H]3/N=C\OC(F)(F)F)c(=O)[nH]c2=O)O[C@@H]1CO[Si](C)(C)C)N(C(C)C)C(C)C. The Labute approximate surface area is 349 Å². The number of hydrogen-bond donors (Lipinski definition) is 2. The number of H-pyrrole nitrogens is 1. The summed E-state index contributed by atoms with van der Waals surface area (Å²) in [6.07, 6.45) is -18.6. The second kappa shape index (κ2) is 21.8. The van der Waals surface area contributed by atoms with E-state index >= 15 is 0 Å². The molecule has 18 nitrogen and oxygen atoms in total. The molecule has 0 bridgehead atoms. The quantitative estimate of drug-likeness (QED) is 0.0498. The van der Waals surface area contributed by atoms with E-state index in [-0.39, 0.29) is 37.1 Å². The van der Waals surface area contributed by atoms with Crippen molar-refractivity contribution >= 4 is 40.9 Å². The Bertz CT molecular complexity index is 1790. The molecular formula is C35H54F6N5O13PSi. The van der Waals surface area contributed by atoms with Crippen LogP contribution in [-0.2, 0) is 58.4 Å². The fraction of sp³-hybridized carbons (Fsp3) is 0.771. The van der Waals surface area contributed by atoms with Gasteiger partial charge in [-0.1, -0.05) is 6.92 Å². The number of nitrogens with one attached hydrogen (secondary N) is 2. The van der Waals surface area contributed by atoms with Gasteiger partial charge in [-0.3, -0.25) is 33.4 Å². The molecule has 2 fully saturated rings. The third-order valence-electron chi connectivity index (χ3n) is 8.82. The summed E-state index contributed by atoms with van der Waals surface area (Å²) in [5, 5.41) is 1.54. The van der Waals surface area contributed by atoms with E-state index in [2.05, 4.69) is 47.1 Å². The Morgan fingerprint density at radius 3 is 2.15 bits per heavy atom. The van der Waals surface area contributed by atoms with Crippen molar-refractivity contribution in [3.8, 4) is 0 Å². The van der Waals surface area contributed by atoms with Crippen LogP contribution in [0, 0.1) is 0 Å². The molecule has 61 heavy (non-hydrogen) atoms. The summed E-state index contributed by atoms with van der Waals surface area (Å²) in [4.78, 5) is 68.3. The lowest BCUT2D eigenvalue weighted by Gasteiger charge is -2.43. The van der Waals surface area contributed by atoms with Gasteiger partial charge in [0.2, 0.25) is 0 Å². The van der Waals surface area contributed by atoms with Crippen molar-refractivity contribution in [2.45, 2.75) is 155 Å².